The molecule has 2 aliphatic rings. The number of aromatic nitrogens is 3. The maximum atomic E-state index is 12.7. The summed E-state index contributed by atoms with van der Waals surface area (Å²) >= 11 is 5.37. The summed E-state index contributed by atoms with van der Waals surface area (Å²) in [7, 11) is 0. The van der Waals surface area contributed by atoms with E-state index in [1.165, 1.54) is 5.56 Å². The highest BCUT2D eigenvalue weighted by Crippen LogP contribution is 2.19. The number of hydrogen-bond acceptors (Lipinski definition) is 5. The number of carbonyl (C=O) groups excluding carboxylic acids is 2. The molecule has 1 unspecified atom stereocenters. The molecule has 160 valence electrons. The van der Waals surface area contributed by atoms with Gasteiger partial charge in [-0.25, -0.2) is 0 Å². The Morgan fingerprint density at radius 3 is 2.53 bits per heavy atom. The molecule has 3 heterocycles. The molecule has 4 rings (SSSR count). The maximum absolute atomic E-state index is 12.7. The fourth-order valence-electron chi connectivity index (χ4n) is 3.97. The average molecular weight is 430 g/mol. The van der Waals surface area contributed by atoms with Crippen LogP contribution in [0.1, 0.15) is 24.8 Å². The van der Waals surface area contributed by atoms with E-state index in [-0.39, 0.29) is 17.9 Å². The van der Waals surface area contributed by atoms with E-state index in [9.17, 15) is 9.59 Å². The van der Waals surface area contributed by atoms with E-state index in [0.29, 0.717) is 50.5 Å². The van der Waals surface area contributed by atoms with Crippen molar-refractivity contribution in [2.75, 3.05) is 32.8 Å². The quantitative estimate of drug-likeness (QED) is 0.737. The van der Waals surface area contributed by atoms with Crippen LogP contribution in [0.2, 0.25) is 0 Å². The van der Waals surface area contributed by atoms with Gasteiger partial charge in [0.1, 0.15) is 6.10 Å². The average Bonchev–Trinajstić information content (AvgIpc) is 3.42. The molecule has 0 aliphatic carbocycles. The van der Waals surface area contributed by atoms with Crippen molar-refractivity contribution in [1.82, 2.24) is 24.6 Å². The minimum Gasteiger partial charge on any atom is -0.368 e. The normalized spacial score (nSPS) is 19.3. The number of benzene rings is 1. The Balaban J connectivity index is 1.32. The Morgan fingerprint density at radius 1 is 1.17 bits per heavy atom. The Labute approximate surface area is 180 Å². The zero-order valence-corrected chi connectivity index (χ0v) is 18.0. The van der Waals surface area contributed by atoms with Crippen LogP contribution in [0.3, 0.4) is 0 Å². The molecule has 0 saturated carbocycles. The summed E-state index contributed by atoms with van der Waals surface area (Å²) in [6.45, 7) is 5.39. The first-order valence-corrected chi connectivity index (χ1v) is 10.8. The minimum absolute atomic E-state index is 0.0621. The van der Waals surface area contributed by atoms with Crippen LogP contribution in [-0.2, 0) is 20.9 Å². The summed E-state index contributed by atoms with van der Waals surface area (Å²) in [5, 5.41) is 7.17. The molecule has 2 amide bonds. The molecule has 2 saturated heterocycles. The predicted octanol–water partition coefficient (Wildman–Crippen LogP) is 2.16. The Bertz CT molecular complexity index is 954. The predicted molar refractivity (Wildman–Crippen MR) is 114 cm³/mol. The van der Waals surface area contributed by atoms with Crippen LogP contribution < -0.4 is 0 Å². The zero-order valence-electron chi connectivity index (χ0n) is 17.2. The van der Waals surface area contributed by atoms with E-state index in [2.05, 4.69) is 10.2 Å². The Morgan fingerprint density at radius 2 is 1.87 bits per heavy atom. The van der Waals surface area contributed by atoms with Crippen molar-refractivity contribution in [1.29, 1.82) is 0 Å². The number of aryl methyl sites for hydroxylation is 1. The lowest BCUT2D eigenvalue weighted by Gasteiger charge is -2.35. The molecule has 1 atom stereocenters. The molecule has 0 spiro atoms. The summed E-state index contributed by atoms with van der Waals surface area (Å²) in [6, 6.07) is 8.06. The van der Waals surface area contributed by atoms with Gasteiger partial charge in [0, 0.05) is 51.3 Å². The molecule has 2 aromatic rings. The van der Waals surface area contributed by atoms with Gasteiger partial charge in [0.2, 0.25) is 5.91 Å². The van der Waals surface area contributed by atoms with Gasteiger partial charge in [-0.3, -0.25) is 19.3 Å². The summed E-state index contributed by atoms with van der Waals surface area (Å²) < 4.78 is 7.87. The second-order valence-corrected chi connectivity index (χ2v) is 8.21. The van der Waals surface area contributed by atoms with E-state index >= 15 is 0 Å². The van der Waals surface area contributed by atoms with Gasteiger partial charge in [0.05, 0.1) is 0 Å². The van der Waals surface area contributed by atoms with Crippen LogP contribution in [0, 0.1) is 11.7 Å². The van der Waals surface area contributed by atoms with E-state index < -0.39 is 0 Å². The first kappa shape index (κ1) is 20.7. The Kier molecular flexibility index (Phi) is 6.29. The smallest absolute Gasteiger partial charge is 0.251 e. The van der Waals surface area contributed by atoms with Crippen molar-refractivity contribution in [2.45, 2.75) is 38.8 Å². The lowest BCUT2D eigenvalue weighted by atomic mass is 10.1. The van der Waals surface area contributed by atoms with E-state index in [4.69, 9.17) is 17.0 Å². The van der Waals surface area contributed by atoms with Gasteiger partial charge in [0.25, 0.3) is 5.91 Å². The number of aromatic amines is 1. The molecule has 30 heavy (non-hydrogen) atoms. The molecule has 0 radical (unpaired) electrons. The number of H-pyrrole nitrogens is 1. The largest absolute Gasteiger partial charge is 0.368 e. The van der Waals surface area contributed by atoms with Gasteiger partial charge in [0.15, 0.2) is 10.6 Å². The van der Waals surface area contributed by atoms with Gasteiger partial charge in [-0.2, -0.15) is 5.10 Å². The van der Waals surface area contributed by atoms with Gasteiger partial charge in [-0.15, -0.1) is 0 Å². The van der Waals surface area contributed by atoms with Crippen molar-refractivity contribution in [2.24, 2.45) is 0 Å². The van der Waals surface area contributed by atoms with E-state index in [1.54, 1.807) is 0 Å². The molecule has 1 aromatic heterocycles. The standard InChI is InChI=1S/C21H27N5O3S/c1-15-4-6-16(7-5-15)19-22-23-21(30)26(19)9-8-18(27)24-10-12-25(13-11-24)20(28)17-3-2-14-29-17/h4-7,17H,2-3,8-14H2,1H3,(H,23,30). The molecule has 2 fully saturated rings. The highest BCUT2D eigenvalue weighted by molar-refractivity contribution is 7.71. The van der Waals surface area contributed by atoms with Gasteiger partial charge in [-0.1, -0.05) is 29.8 Å². The number of piperazine rings is 1. The van der Waals surface area contributed by atoms with Crippen molar-refractivity contribution >= 4 is 24.0 Å². The maximum Gasteiger partial charge on any atom is 0.251 e. The third-order valence-electron chi connectivity index (χ3n) is 5.77. The highest BCUT2D eigenvalue weighted by Gasteiger charge is 2.31. The second kappa shape index (κ2) is 9.09. The second-order valence-electron chi connectivity index (χ2n) is 7.83. The van der Waals surface area contributed by atoms with Crippen LogP contribution in [0.25, 0.3) is 11.4 Å². The van der Waals surface area contributed by atoms with Crippen LogP contribution >= 0.6 is 12.2 Å². The van der Waals surface area contributed by atoms with Crippen molar-refractivity contribution in [3.05, 3.63) is 34.6 Å². The fourth-order valence-corrected chi connectivity index (χ4v) is 4.19. The van der Waals surface area contributed by atoms with Crippen molar-refractivity contribution in [3.8, 4) is 11.4 Å². The lowest BCUT2D eigenvalue weighted by Crippen LogP contribution is -2.52. The zero-order chi connectivity index (χ0) is 21.1. The summed E-state index contributed by atoms with van der Waals surface area (Å²) in [6.07, 6.45) is 1.78. The van der Waals surface area contributed by atoms with Crippen molar-refractivity contribution in [3.63, 3.8) is 0 Å². The van der Waals surface area contributed by atoms with Crippen molar-refractivity contribution < 1.29 is 14.3 Å². The fraction of sp³-hybridized carbons (Fsp3) is 0.524. The van der Waals surface area contributed by atoms with Crippen LogP contribution in [0.5, 0.6) is 0 Å². The third-order valence-corrected chi connectivity index (χ3v) is 6.08. The van der Waals surface area contributed by atoms with E-state index in [0.717, 1.165) is 24.2 Å². The number of ether oxygens (including phenoxy) is 1. The van der Waals surface area contributed by atoms with Crippen LogP contribution in [0.4, 0.5) is 0 Å². The molecular weight excluding hydrogens is 402 g/mol. The summed E-state index contributed by atoms with van der Waals surface area (Å²) in [4.78, 5) is 28.9. The minimum atomic E-state index is -0.296. The summed E-state index contributed by atoms with van der Waals surface area (Å²) in [5.74, 6) is 0.865. The topological polar surface area (TPSA) is 83.5 Å². The van der Waals surface area contributed by atoms with Gasteiger partial charge < -0.3 is 14.5 Å². The first-order valence-electron chi connectivity index (χ1n) is 10.4. The van der Waals surface area contributed by atoms with Gasteiger partial charge in [-0.05, 0) is 32.0 Å². The molecule has 8 nitrogen and oxygen atoms in total. The number of amides is 2. The van der Waals surface area contributed by atoms with Crippen LogP contribution in [-0.4, -0.2) is 75.3 Å². The number of nitrogens with one attached hydrogen (secondary N) is 1. The van der Waals surface area contributed by atoms with E-state index in [1.807, 2.05) is 45.6 Å². The monoisotopic (exact) mass is 429 g/mol. The third kappa shape index (κ3) is 4.46. The number of nitrogens with zero attached hydrogens (tertiary/aromatic N) is 4. The molecule has 0 bridgehead atoms. The summed E-state index contributed by atoms with van der Waals surface area (Å²) in [5.41, 5.74) is 2.13. The highest BCUT2D eigenvalue weighted by atomic mass is 32.1. The number of carbonyl (C=O) groups is 2. The molecule has 1 aromatic carbocycles. The van der Waals surface area contributed by atoms with Crippen LogP contribution in [0.15, 0.2) is 24.3 Å². The molecular formula is C21H27N5O3S. The molecule has 2 aliphatic heterocycles. The molecule has 1 N–H and O–H groups in total. The lowest BCUT2D eigenvalue weighted by molar-refractivity contribution is -0.146. The number of hydrogen-bond donors (Lipinski definition) is 1. The van der Waals surface area contributed by atoms with Gasteiger partial charge >= 0.3 is 0 Å². The number of rotatable bonds is 5. The molecule has 9 heteroatoms. The SMILES string of the molecule is Cc1ccc(-c2n[nH]c(=S)n2CCC(=O)N2CCN(C(=O)C3CCCO3)CC2)cc1. The first-order chi connectivity index (χ1) is 14.5. The Hall–Kier alpha value is -2.52.